The topological polar surface area (TPSA) is 58.2 Å². The van der Waals surface area contributed by atoms with Crippen LogP contribution in [0.25, 0.3) is 0 Å². The van der Waals surface area contributed by atoms with Crippen molar-refractivity contribution in [2.75, 3.05) is 11.9 Å². The molecule has 0 aromatic heterocycles. The Balaban J connectivity index is 1.97. The molecule has 0 bridgehead atoms. The van der Waals surface area contributed by atoms with Crippen molar-refractivity contribution >= 4 is 17.5 Å². The maximum Gasteiger partial charge on any atom is 0.234 e. The fourth-order valence-corrected chi connectivity index (χ4v) is 2.82. The largest absolute Gasteiger partial charge is 0.385 e. The second-order valence-electron chi connectivity index (χ2n) is 4.92. The molecule has 1 aromatic carbocycles. The number of benzene rings is 1. The molecule has 2 aliphatic heterocycles. The average molecular weight is 244 g/mol. The summed E-state index contributed by atoms with van der Waals surface area (Å²) < 4.78 is 0. The highest BCUT2D eigenvalue weighted by Crippen LogP contribution is 2.34. The first-order valence-corrected chi connectivity index (χ1v) is 6.45. The second-order valence-corrected chi connectivity index (χ2v) is 4.92. The normalized spacial score (nSPS) is 23.0. The highest BCUT2D eigenvalue weighted by molar-refractivity contribution is 6.01. The summed E-state index contributed by atoms with van der Waals surface area (Å²) >= 11 is 0. The van der Waals surface area contributed by atoms with Gasteiger partial charge in [0, 0.05) is 18.7 Å². The molecule has 2 aliphatic rings. The smallest absolute Gasteiger partial charge is 0.234 e. The summed E-state index contributed by atoms with van der Waals surface area (Å²) in [5.74, 6) is -0.510. The van der Waals surface area contributed by atoms with Gasteiger partial charge in [0.05, 0.1) is 5.92 Å². The number of hydrogen-bond acceptors (Lipinski definition) is 3. The van der Waals surface area contributed by atoms with E-state index < -0.39 is 0 Å². The lowest BCUT2D eigenvalue weighted by molar-refractivity contribution is -0.134. The van der Waals surface area contributed by atoms with Crippen LogP contribution in [0.1, 0.15) is 36.3 Å². The molecule has 1 aromatic rings. The van der Waals surface area contributed by atoms with Crippen molar-refractivity contribution in [1.82, 2.24) is 5.32 Å². The number of rotatable bonds is 1. The van der Waals surface area contributed by atoms with Gasteiger partial charge < -0.3 is 5.32 Å². The number of nitrogens with one attached hydrogen (secondary N) is 2. The van der Waals surface area contributed by atoms with Crippen molar-refractivity contribution < 1.29 is 9.59 Å². The Morgan fingerprint density at radius 1 is 1.17 bits per heavy atom. The summed E-state index contributed by atoms with van der Waals surface area (Å²) in [6.45, 7) is 0.956. The highest BCUT2D eigenvalue weighted by atomic mass is 16.2. The minimum Gasteiger partial charge on any atom is -0.385 e. The lowest BCUT2D eigenvalue weighted by atomic mass is 9.86. The first kappa shape index (κ1) is 11.3. The van der Waals surface area contributed by atoms with Crippen LogP contribution in [0.15, 0.2) is 18.2 Å². The molecule has 2 amide bonds. The van der Waals surface area contributed by atoms with Crippen molar-refractivity contribution in [3.63, 3.8) is 0 Å². The zero-order chi connectivity index (χ0) is 12.5. The monoisotopic (exact) mass is 244 g/mol. The van der Waals surface area contributed by atoms with E-state index in [0.29, 0.717) is 12.8 Å². The zero-order valence-electron chi connectivity index (χ0n) is 10.2. The second kappa shape index (κ2) is 4.44. The maximum atomic E-state index is 11.9. The van der Waals surface area contributed by atoms with Crippen LogP contribution in [0.5, 0.6) is 0 Å². The van der Waals surface area contributed by atoms with E-state index in [1.165, 1.54) is 5.56 Å². The van der Waals surface area contributed by atoms with E-state index in [2.05, 4.69) is 16.7 Å². The Kier molecular flexibility index (Phi) is 2.78. The number of amides is 2. The first-order chi connectivity index (χ1) is 8.75. The molecule has 1 atom stereocenters. The minimum atomic E-state index is -0.191. The van der Waals surface area contributed by atoms with E-state index in [9.17, 15) is 9.59 Å². The van der Waals surface area contributed by atoms with E-state index in [1.807, 2.05) is 12.1 Å². The third-order valence-electron chi connectivity index (χ3n) is 3.72. The number of aryl methyl sites for hydroxylation is 1. The number of fused-ring (bicyclic) bond motifs is 1. The Morgan fingerprint density at radius 2 is 2.06 bits per heavy atom. The first-order valence-electron chi connectivity index (χ1n) is 6.45. The van der Waals surface area contributed by atoms with Crippen molar-refractivity contribution in [2.24, 2.45) is 0 Å². The van der Waals surface area contributed by atoms with Crippen molar-refractivity contribution in [2.45, 2.75) is 31.6 Å². The van der Waals surface area contributed by atoms with E-state index in [0.717, 1.165) is 30.6 Å². The van der Waals surface area contributed by atoms with Crippen LogP contribution < -0.4 is 10.6 Å². The molecule has 1 saturated heterocycles. The van der Waals surface area contributed by atoms with Gasteiger partial charge in [-0.25, -0.2) is 0 Å². The molecule has 3 rings (SSSR count). The molecule has 94 valence electrons. The number of para-hydroxylation sites is 1. The summed E-state index contributed by atoms with van der Waals surface area (Å²) in [6.07, 6.45) is 3.23. The zero-order valence-corrected chi connectivity index (χ0v) is 10.2. The van der Waals surface area contributed by atoms with E-state index in [4.69, 9.17) is 0 Å². The summed E-state index contributed by atoms with van der Waals surface area (Å²) in [4.78, 5) is 23.1. The van der Waals surface area contributed by atoms with Gasteiger partial charge in [0.15, 0.2) is 0 Å². The van der Waals surface area contributed by atoms with Gasteiger partial charge in [-0.05, 0) is 30.4 Å². The van der Waals surface area contributed by atoms with Crippen LogP contribution in [-0.2, 0) is 16.0 Å². The van der Waals surface area contributed by atoms with E-state index in [1.54, 1.807) is 0 Å². The summed E-state index contributed by atoms with van der Waals surface area (Å²) in [5.41, 5.74) is 3.43. The molecule has 2 heterocycles. The van der Waals surface area contributed by atoms with Crippen LogP contribution in [0.2, 0.25) is 0 Å². The van der Waals surface area contributed by atoms with Crippen LogP contribution in [0, 0.1) is 0 Å². The van der Waals surface area contributed by atoms with Crippen molar-refractivity contribution in [3.05, 3.63) is 29.3 Å². The fourth-order valence-electron chi connectivity index (χ4n) is 2.82. The van der Waals surface area contributed by atoms with Gasteiger partial charge in [-0.2, -0.15) is 0 Å². The van der Waals surface area contributed by atoms with Crippen molar-refractivity contribution in [3.8, 4) is 0 Å². The molecule has 0 saturated carbocycles. The van der Waals surface area contributed by atoms with Gasteiger partial charge in [-0.3, -0.25) is 14.9 Å². The molecule has 0 spiro atoms. The summed E-state index contributed by atoms with van der Waals surface area (Å²) in [7, 11) is 0. The lowest BCUT2D eigenvalue weighted by Gasteiger charge is -2.27. The quantitative estimate of drug-likeness (QED) is 0.737. The highest BCUT2D eigenvalue weighted by Gasteiger charge is 2.30. The van der Waals surface area contributed by atoms with Gasteiger partial charge in [0.25, 0.3) is 0 Å². The molecular formula is C14H16N2O2. The summed E-state index contributed by atoms with van der Waals surface area (Å²) in [6, 6.07) is 6.11. The molecule has 1 fully saturated rings. The van der Waals surface area contributed by atoms with Crippen molar-refractivity contribution in [1.29, 1.82) is 0 Å². The Labute approximate surface area is 106 Å². The molecule has 2 N–H and O–H groups in total. The third-order valence-corrected chi connectivity index (χ3v) is 3.72. The number of hydrogen-bond donors (Lipinski definition) is 2. The average Bonchev–Trinajstić information content (AvgIpc) is 2.38. The number of imide groups is 1. The minimum absolute atomic E-state index is 0.158. The predicted molar refractivity (Wildman–Crippen MR) is 68.4 cm³/mol. The Bertz CT molecular complexity index is 511. The van der Waals surface area contributed by atoms with Crippen LogP contribution >= 0.6 is 0 Å². The Morgan fingerprint density at radius 3 is 2.89 bits per heavy atom. The maximum absolute atomic E-state index is 11.9. The number of piperidine rings is 1. The van der Waals surface area contributed by atoms with Crippen LogP contribution in [0.3, 0.4) is 0 Å². The summed E-state index contributed by atoms with van der Waals surface area (Å²) in [5, 5.41) is 5.82. The third kappa shape index (κ3) is 1.88. The van der Waals surface area contributed by atoms with Gasteiger partial charge in [-0.1, -0.05) is 18.2 Å². The molecule has 0 radical (unpaired) electrons. The fraction of sp³-hybridized carbons (Fsp3) is 0.429. The molecule has 4 heteroatoms. The van der Waals surface area contributed by atoms with Gasteiger partial charge in [0.1, 0.15) is 0 Å². The van der Waals surface area contributed by atoms with E-state index in [-0.39, 0.29) is 17.7 Å². The molecule has 4 nitrogen and oxygen atoms in total. The van der Waals surface area contributed by atoms with Crippen LogP contribution in [0.4, 0.5) is 5.69 Å². The predicted octanol–water partition coefficient (Wildman–Crippen LogP) is 1.56. The number of carbonyl (C=O) groups excluding carboxylic acids is 2. The van der Waals surface area contributed by atoms with Gasteiger partial charge in [0.2, 0.25) is 11.8 Å². The van der Waals surface area contributed by atoms with Crippen LogP contribution in [-0.4, -0.2) is 18.4 Å². The number of anilines is 1. The van der Waals surface area contributed by atoms with Gasteiger partial charge >= 0.3 is 0 Å². The van der Waals surface area contributed by atoms with Gasteiger partial charge in [-0.15, -0.1) is 0 Å². The molecule has 1 unspecified atom stereocenters. The Hall–Kier alpha value is -1.84. The molecule has 0 aliphatic carbocycles. The molecular weight excluding hydrogens is 228 g/mol. The SMILES string of the molecule is O=C1CCC(c2cccc3c2NCCC3)C(=O)N1. The lowest BCUT2D eigenvalue weighted by Crippen LogP contribution is -2.39. The standard InChI is InChI=1S/C14H16N2O2/c17-12-7-6-11(14(18)16-12)10-5-1-3-9-4-2-8-15-13(9)10/h1,3,5,11,15H,2,4,6-8H2,(H,16,17,18). The molecule has 18 heavy (non-hydrogen) atoms. The van der Waals surface area contributed by atoms with E-state index >= 15 is 0 Å². The number of carbonyl (C=O) groups is 2.